The molecule has 0 N–H and O–H groups in total. The predicted octanol–water partition coefficient (Wildman–Crippen LogP) is 11.1. The van der Waals surface area contributed by atoms with Crippen LogP contribution in [0.25, 0.3) is 67.5 Å². The SMILES string of the molecule is CCn1ccc2c(CCC(=O)OC(=O)CCc3ccc(-c4noc(-c5ccc(OC(C)C)c(Cl)c5)n4)c4c3ccn4C)ccc(-c3noc(-c4ccc(OC(C)C)c(Cl)c4)n3)c21. The Kier molecular flexibility index (Phi) is 12.2. The third kappa shape index (κ3) is 8.81. The van der Waals surface area contributed by atoms with Crippen LogP contribution in [0.15, 0.2) is 94.2 Å². The molecule has 4 aromatic carbocycles. The van der Waals surface area contributed by atoms with Crippen LogP contribution in [0.5, 0.6) is 11.5 Å². The molecular formula is C47H44Cl2N6O7. The zero-order chi connectivity index (χ0) is 43.7. The molecule has 0 unspecified atom stereocenters. The van der Waals surface area contributed by atoms with Crippen molar-refractivity contribution in [1.82, 2.24) is 29.4 Å². The van der Waals surface area contributed by atoms with E-state index in [1.165, 1.54) is 0 Å². The van der Waals surface area contributed by atoms with Gasteiger partial charge in [-0.25, -0.2) is 0 Å². The highest BCUT2D eigenvalue weighted by atomic mass is 35.5. The maximum atomic E-state index is 13.0. The Morgan fingerprint density at radius 3 is 1.63 bits per heavy atom. The quantitative estimate of drug-likeness (QED) is 0.0715. The molecule has 62 heavy (non-hydrogen) atoms. The summed E-state index contributed by atoms with van der Waals surface area (Å²) in [4.78, 5) is 35.4. The van der Waals surface area contributed by atoms with Crippen molar-refractivity contribution in [1.29, 1.82) is 0 Å². The van der Waals surface area contributed by atoms with Crippen molar-refractivity contribution >= 4 is 56.9 Å². The first kappa shape index (κ1) is 42.3. The summed E-state index contributed by atoms with van der Waals surface area (Å²) in [7, 11) is 1.93. The maximum absolute atomic E-state index is 13.0. The van der Waals surface area contributed by atoms with Gasteiger partial charge in [0.1, 0.15) is 11.5 Å². The van der Waals surface area contributed by atoms with Crippen LogP contribution in [0.1, 0.15) is 58.6 Å². The molecule has 0 spiro atoms. The van der Waals surface area contributed by atoms with E-state index in [1.807, 2.05) is 107 Å². The highest BCUT2D eigenvalue weighted by molar-refractivity contribution is 6.32. The highest BCUT2D eigenvalue weighted by Crippen LogP contribution is 2.36. The number of halogens is 2. The molecule has 0 aliphatic heterocycles. The summed E-state index contributed by atoms with van der Waals surface area (Å²) in [5.74, 6) is 1.43. The largest absolute Gasteiger partial charge is 0.489 e. The molecule has 13 nitrogen and oxygen atoms in total. The molecule has 0 saturated carbocycles. The molecule has 8 rings (SSSR count). The Morgan fingerprint density at radius 2 is 1.15 bits per heavy atom. The summed E-state index contributed by atoms with van der Waals surface area (Å²) in [6, 6.07) is 22.4. The van der Waals surface area contributed by atoms with E-state index in [9.17, 15) is 9.59 Å². The molecule has 0 fully saturated rings. The van der Waals surface area contributed by atoms with Gasteiger partial charge in [-0.2, -0.15) is 9.97 Å². The smallest absolute Gasteiger partial charge is 0.313 e. The minimum absolute atomic E-state index is 0.0195. The summed E-state index contributed by atoms with van der Waals surface area (Å²) in [6.45, 7) is 10.5. The molecule has 15 heteroatoms. The van der Waals surface area contributed by atoms with E-state index >= 15 is 0 Å². The predicted molar refractivity (Wildman–Crippen MR) is 237 cm³/mol. The minimum atomic E-state index is -0.594. The van der Waals surface area contributed by atoms with Crippen LogP contribution in [0.3, 0.4) is 0 Å². The monoisotopic (exact) mass is 874 g/mol. The highest BCUT2D eigenvalue weighted by Gasteiger charge is 2.22. The van der Waals surface area contributed by atoms with E-state index in [2.05, 4.69) is 19.9 Å². The summed E-state index contributed by atoms with van der Waals surface area (Å²) in [5.41, 5.74) is 6.50. The van der Waals surface area contributed by atoms with E-state index in [1.54, 1.807) is 24.3 Å². The Morgan fingerprint density at radius 1 is 0.661 bits per heavy atom. The fraction of sp³-hybridized carbons (Fsp3) is 0.277. The number of hydrogen-bond donors (Lipinski definition) is 0. The lowest BCUT2D eigenvalue weighted by Crippen LogP contribution is -2.13. The molecular weight excluding hydrogens is 831 g/mol. The van der Waals surface area contributed by atoms with Crippen LogP contribution in [0.2, 0.25) is 10.0 Å². The van der Waals surface area contributed by atoms with Gasteiger partial charge in [0.05, 0.1) is 46.1 Å². The van der Waals surface area contributed by atoms with Gasteiger partial charge < -0.3 is 32.4 Å². The van der Waals surface area contributed by atoms with Crippen molar-refractivity contribution in [2.24, 2.45) is 7.05 Å². The number of ether oxygens (including phenoxy) is 3. The van der Waals surface area contributed by atoms with Crippen LogP contribution in [0, 0.1) is 0 Å². The lowest BCUT2D eigenvalue weighted by atomic mass is 10.0. The van der Waals surface area contributed by atoms with Gasteiger partial charge in [-0.15, -0.1) is 0 Å². The van der Waals surface area contributed by atoms with Crippen molar-refractivity contribution in [3.63, 3.8) is 0 Å². The topological polar surface area (TPSA) is 150 Å². The normalized spacial score (nSPS) is 11.6. The zero-order valence-corrected chi connectivity index (χ0v) is 36.6. The lowest BCUT2D eigenvalue weighted by molar-refractivity contribution is -0.159. The fourth-order valence-electron chi connectivity index (χ4n) is 7.49. The van der Waals surface area contributed by atoms with E-state index < -0.39 is 11.9 Å². The Bertz CT molecular complexity index is 2940. The average molecular weight is 876 g/mol. The van der Waals surface area contributed by atoms with Crippen molar-refractivity contribution in [2.45, 2.75) is 79.1 Å². The summed E-state index contributed by atoms with van der Waals surface area (Å²) < 4.78 is 32.2. The van der Waals surface area contributed by atoms with E-state index in [4.69, 9.17) is 51.4 Å². The van der Waals surface area contributed by atoms with Gasteiger partial charge in [0.2, 0.25) is 11.6 Å². The number of esters is 2. The molecule has 0 aliphatic rings. The Hall–Kier alpha value is -6.44. The fourth-order valence-corrected chi connectivity index (χ4v) is 7.94. The first-order valence-electron chi connectivity index (χ1n) is 20.4. The molecule has 0 bridgehead atoms. The van der Waals surface area contributed by atoms with Crippen LogP contribution < -0.4 is 9.47 Å². The number of aryl methyl sites for hydroxylation is 4. The van der Waals surface area contributed by atoms with Gasteiger partial charge in [-0.1, -0.05) is 45.6 Å². The minimum Gasteiger partial charge on any atom is -0.489 e. The van der Waals surface area contributed by atoms with Crippen molar-refractivity contribution in [2.75, 3.05) is 0 Å². The second-order valence-corrected chi connectivity index (χ2v) is 16.2. The van der Waals surface area contributed by atoms with Gasteiger partial charge in [0.25, 0.3) is 11.8 Å². The van der Waals surface area contributed by atoms with Gasteiger partial charge in [-0.3, -0.25) is 9.59 Å². The molecule has 8 aromatic rings. The Balaban J connectivity index is 0.909. The zero-order valence-electron chi connectivity index (χ0n) is 35.1. The standard InChI is InChI=1S/C47H44Cl2N6O7/c1-7-55-23-21-33-29(9-15-35(43(33)55)45-51-47(62-53-45)31-11-17-39(37(49)25-31)59-27(4)5)13-19-41(57)60-40(56)18-12-28-8-14-34(42-32(28)20-22-54(42)6)44-50-46(61-52-44)30-10-16-38(36(48)24-30)58-26(2)3/h8-11,14-17,20-27H,7,12-13,18-19H2,1-6H3. The molecule has 0 aliphatic carbocycles. The van der Waals surface area contributed by atoms with Crippen LogP contribution in [-0.4, -0.2) is 53.6 Å². The third-order valence-corrected chi connectivity index (χ3v) is 10.9. The maximum Gasteiger partial charge on any atom is 0.313 e. The number of aromatic nitrogens is 6. The molecule has 0 amide bonds. The molecule has 318 valence electrons. The lowest BCUT2D eigenvalue weighted by Gasteiger charge is -2.11. The first-order valence-corrected chi connectivity index (χ1v) is 21.1. The van der Waals surface area contributed by atoms with Gasteiger partial charge >= 0.3 is 11.9 Å². The van der Waals surface area contributed by atoms with E-state index in [0.717, 1.165) is 44.1 Å². The van der Waals surface area contributed by atoms with Gasteiger partial charge in [0, 0.05) is 59.0 Å². The Labute approximate surface area is 367 Å². The number of hydrogen-bond acceptors (Lipinski definition) is 11. The second kappa shape index (κ2) is 17.9. The summed E-state index contributed by atoms with van der Waals surface area (Å²) >= 11 is 12.9. The summed E-state index contributed by atoms with van der Waals surface area (Å²) in [5, 5.41) is 11.3. The third-order valence-electron chi connectivity index (χ3n) is 10.3. The van der Waals surface area contributed by atoms with Gasteiger partial charge in [0.15, 0.2) is 0 Å². The van der Waals surface area contributed by atoms with Gasteiger partial charge in [-0.05, 0) is 119 Å². The van der Waals surface area contributed by atoms with E-state index in [0.29, 0.717) is 75.5 Å². The number of rotatable bonds is 15. The van der Waals surface area contributed by atoms with Crippen LogP contribution >= 0.6 is 23.2 Å². The second-order valence-electron chi connectivity index (χ2n) is 15.4. The number of carbonyl (C=O) groups excluding carboxylic acids is 2. The van der Waals surface area contributed by atoms with E-state index in [-0.39, 0.29) is 25.0 Å². The molecule has 0 atom stereocenters. The molecule has 0 saturated heterocycles. The van der Waals surface area contributed by atoms with Crippen molar-refractivity contribution in [3.05, 3.63) is 106 Å². The summed E-state index contributed by atoms with van der Waals surface area (Å²) in [6.07, 6.45) is 4.66. The molecule has 4 heterocycles. The number of fused-ring (bicyclic) bond motifs is 2. The van der Waals surface area contributed by atoms with Crippen LogP contribution in [0.4, 0.5) is 0 Å². The van der Waals surface area contributed by atoms with Crippen molar-refractivity contribution < 1.29 is 32.8 Å². The number of carbonyl (C=O) groups is 2. The number of benzene rings is 4. The number of nitrogens with zero attached hydrogens (tertiary/aromatic N) is 6. The average Bonchev–Trinajstić information content (AvgIpc) is 4.08. The molecule has 0 radical (unpaired) electrons. The molecule has 4 aromatic heterocycles. The first-order chi connectivity index (χ1) is 29.9. The van der Waals surface area contributed by atoms with Crippen molar-refractivity contribution in [3.8, 4) is 57.2 Å². The van der Waals surface area contributed by atoms with Crippen LogP contribution in [-0.2, 0) is 40.8 Å².